The Kier molecular flexibility index (Phi) is 3.77. The lowest BCUT2D eigenvalue weighted by Crippen LogP contribution is -1.91. The van der Waals surface area contributed by atoms with E-state index in [2.05, 4.69) is 72.8 Å². The summed E-state index contributed by atoms with van der Waals surface area (Å²) in [4.78, 5) is 0. The predicted octanol–water partition coefficient (Wildman–Crippen LogP) is 6.59. The van der Waals surface area contributed by atoms with Crippen molar-refractivity contribution in [3.8, 4) is 0 Å². The fourth-order valence-corrected chi connectivity index (χ4v) is 4.09. The first-order chi connectivity index (χ1) is 13.7. The first-order valence-electron chi connectivity index (χ1n) is 9.38. The molecule has 4 N–H and O–H groups in total. The van der Waals surface area contributed by atoms with Gasteiger partial charge in [-0.05, 0) is 55.2 Å². The van der Waals surface area contributed by atoms with E-state index in [1.165, 1.54) is 43.1 Å². The predicted molar refractivity (Wildman–Crippen MR) is 123 cm³/mol. The highest BCUT2D eigenvalue weighted by Gasteiger charge is 2.11. The third-order valence-electron chi connectivity index (χ3n) is 5.39. The molecule has 0 saturated carbocycles. The average molecular weight is 360 g/mol. The standard InChI is InChI=1S/C20H12.C6H8N2/c1-5-13-6-2-11-17-18-12-4-8-14-7-3-10-16(20(14)18)15(9-1)19(13)17;7-5-3-1-2-4-6(5)8/h1-12H;1-4H,7-8H2. The van der Waals surface area contributed by atoms with Crippen LogP contribution in [-0.2, 0) is 0 Å². The number of hydrogen-bond donors (Lipinski definition) is 2. The Morgan fingerprint density at radius 2 is 0.679 bits per heavy atom. The van der Waals surface area contributed by atoms with Crippen LogP contribution in [0.25, 0.3) is 43.1 Å². The maximum Gasteiger partial charge on any atom is 0.0547 e. The van der Waals surface area contributed by atoms with Gasteiger partial charge in [0.25, 0.3) is 0 Å². The first kappa shape index (κ1) is 16.4. The van der Waals surface area contributed by atoms with Crippen LogP contribution in [0.1, 0.15) is 0 Å². The molecule has 0 spiro atoms. The van der Waals surface area contributed by atoms with Crippen LogP contribution in [0.3, 0.4) is 0 Å². The maximum atomic E-state index is 5.39. The van der Waals surface area contributed by atoms with Gasteiger partial charge in [-0.2, -0.15) is 0 Å². The van der Waals surface area contributed by atoms with Crippen LogP contribution < -0.4 is 11.5 Å². The topological polar surface area (TPSA) is 52.0 Å². The Hall–Kier alpha value is -3.78. The zero-order chi connectivity index (χ0) is 19.1. The lowest BCUT2D eigenvalue weighted by molar-refractivity contribution is 1.67. The van der Waals surface area contributed by atoms with Gasteiger partial charge in [0.15, 0.2) is 0 Å². The van der Waals surface area contributed by atoms with Gasteiger partial charge in [-0.1, -0.05) is 84.9 Å². The molecular weight excluding hydrogens is 340 g/mol. The number of anilines is 2. The van der Waals surface area contributed by atoms with Crippen molar-refractivity contribution in [2.45, 2.75) is 0 Å². The van der Waals surface area contributed by atoms with Gasteiger partial charge in [0.05, 0.1) is 11.4 Å². The summed E-state index contributed by atoms with van der Waals surface area (Å²) < 4.78 is 0. The van der Waals surface area contributed by atoms with Crippen LogP contribution in [0.15, 0.2) is 97.1 Å². The van der Waals surface area contributed by atoms with Crippen molar-refractivity contribution in [1.29, 1.82) is 0 Å². The molecule has 0 aliphatic heterocycles. The molecule has 0 unspecified atom stereocenters. The SMILES string of the molecule is Nc1ccccc1N.c1cc2cccc3c4cccc5cccc(c(c1)c23)c54. The first-order valence-corrected chi connectivity index (χ1v) is 9.38. The molecule has 2 nitrogen and oxygen atoms in total. The monoisotopic (exact) mass is 360 g/mol. The molecule has 6 aromatic rings. The van der Waals surface area contributed by atoms with Gasteiger partial charge in [0.1, 0.15) is 0 Å². The number of rotatable bonds is 0. The molecule has 0 atom stereocenters. The fourth-order valence-electron chi connectivity index (χ4n) is 4.09. The van der Waals surface area contributed by atoms with E-state index in [1.54, 1.807) is 12.1 Å². The highest BCUT2D eigenvalue weighted by molar-refractivity contribution is 6.32. The molecular formula is C26H20N2. The van der Waals surface area contributed by atoms with Crippen LogP contribution in [0, 0.1) is 0 Å². The highest BCUT2D eigenvalue weighted by atomic mass is 14.7. The Labute approximate surface area is 163 Å². The van der Waals surface area contributed by atoms with Crippen molar-refractivity contribution in [3.63, 3.8) is 0 Å². The second kappa shape index (κ2) is 6.43. The number of fused-ring (bicyclic) bond motifs is 2. The van der Waals surface area contributed by atoms with Crippen molar-refractivity contribution < 1.29 is 0 Å². The summed E-state index contributed by atoms with van der Waals surface area (Å²) in [6, 6.07) is 33.7. The maximum absolute atomic E-state index is 5.39. The number of hydrogen-bond acceptors (Lipinski definition) is 2. The highest BCUT2D eigenvalue weighted by Crippen LogP contribution is 2.39. The lowest BCUT2D eigenvalue weighted by Gasteiger charge is -2.13. The molecule has 0 saturated heterocycles. The molecule has 134 valence electrons. The van der Waals surface area contributed by atoms with Crippen LogP contribution in [0.2, 0.25) is 0 Å². The zero-order valence-corrected chi connectivity index (χ0v) is 15.4. The van der Waals surface area contributed by atoms with E-state index < -0.39 is 0 Å². The van der Waals surface area contributed by atoms with Gasteiger partial charge in [-0.3, -0.25) is 0 Å². The molecule has 0 aliphatic carbocycles. The van der Waals surface area contributed by atoms with E-state index in [9.17, 15) is 0 Å². The third kappa shape index (κ3) is 2.50. The molecule has 0 bridgehead atoms. The second-order valence-electron chi connectivity index (χ2n) is 7.05. The Morgan fingerprint density at radius 1 is 0.357 bits per heavy atom. The number of para-hydroxylation sites is 2. The molecule has 0 aliphatic rings. The minimum absolute atomic E-state index is 0.646. The zero-order valence-electron chi connectivity index (χ0n) is 15.4. The summed E-state index contributed by atoms with van der Waals surface area (Å²) in [7, 11) is 0. The van der Waals surface area contributed by atoms with E-state index in [4.69, 9.17) is 11.5 Å². The van der Waals surface area contributed by atoms with Gasteiger partial charge in [-0.25, -0.2) is 0 Å². The van der Waals surface area contributed by atoms with E-state index in [1.807, 2.05) is 12.1 Å². The van der Waals surface area contributed by atoms with Gasteiger partial charge < -0.3 is 11.5 Å². The third-order valence-corrected chi connectivity index (χ3v) is 5.39. The second-order valence-corrected chi connectivity index (χ2v) is 7.05. The molecule has 2 heteroatoms. The van der Waals surface area contributed by atoms with E-state index >= 15 is 0 Å². The van der Waals surface area contributed by atoms with Crippen molar-refractivity contribution in [1.82, 2.24) is 0 Å². The summed E-state index contributed by atoms with van der Waals surface area (Å²) in [5, 5.41) is 10.9. The summed E-state index contributed by atoms with van der Waals surface area (Å²) in [5.41, 5.74) is 12.1. The van der Waals surface area contributed by atoms with Crippen LogP contribution >= 0.6 is 0 Å². The van der Waals surface area contributed by atoms with E-state index in [0.717, 1.165) is 0 Å². The summed E-state index contributed by atoms with van der Waals surface area (Å²) in [6.07, 6.45) is 0. The van der Waals surface area contributed by atoms with Crippen molar-refractivity contribution in [3.05, 3.63) is 97.1 Å². The van der Waals surface area contributed by atoms with Gasteiger partial charge >= 0.3 is 0 Å². The Bertz CT molecular complexity index is 1240. The normalized spacial score (nSPS) is 11.1. The van der Waals surface area contributed by atoms with Gasteiger partial charge in [-0.15, -0.1) is 0 Å². The molecule has 0 radical (unpaired) electrons. The van der Waals surface area contributed by atoms with Crippen molar-refractivity contribution in [2.24, 2.45) is 0 Å². The summed E-state index contributed by atoms with van der Waals surface area (Å²) >= 11 is 0. The molecule has 6 aromatic carbocycles. The van der Waals surface area contributed by atoms with Crippen LogP contribution in [0.5, 0.6) is 0 Å². The largest absolute Gasteiger partial charge is 0.397 e. The number of nitrogen functional groups attached to an aromatic ring is 2. The van der Waals surface area contributed by atoms with E-state index in [-0.39, 0.29) is 0 Å². The average Bonchev–Trinajstić information content (AvgIpc) is 2.74. The van der Waals surface area contributed by atoms with Crippen molar-refractivity contribution >= 4 is 54.5 Å². The molecule has 0 fully saturated rings. The summed E-state index contributed by atoms with van der Waals surface area (Å²) in [6.45, 7) is 0. The number of benzene rings is 6. The summed E-state index contributed by atoms with van der Waals surface area (Å²) in [5.74, 6) is 0. The molecule has 0 aromatic heterocycles. The van der Waals surface area contributed by atoms with Crippen LogP contribution in [-0.4, -0.2) is 0 Å². The van der Waals surface area contributed by atoms with Gasteiger partial charge in [0, 0.05) is 0 Å². The number of nitrogens with two attached hydrogens (primary N) is 2. The molecule has 6 rings (SSSR count). The van der Waals surface area contributed by atoms with Gasteiger partial charge in [0.2, 0.25) is 0 Å². The Morgan fingerprint density at radius 3 is 0.964 bits per heavy atom. The minimum atomic E-state index is 0.646. The smallest absolute Gasteiger partial charge is 0.0547 e. The fraction of sp³-hybridized carbons (Fsp3) is 0. The molecule has 0 heterocycles. The molecule has 28 heavy (non-hydrogen) atoms. The van der Waals surface area contributed by atoms with E-state index in [0.29, 0.717) is 11.4 Å². The lowest BCUT2D eigenvalue weighted by atomic mass is 9.90. The minimum Gasteiger partial charge on any atom is -0.397 e. The molecule has 0 amide bonds. The quantitative estimate of drug-likeness (QED) is 0.182. The van der Waals surface area contributed by atoms with Crippen molar-refractivity contribution in [2.75, 3.05) is 11.5 Å². The Balaban J connectivity index is 0.000000181. The van der Waals surface area contributed by atoms with Crippen LogP contribution in [0.4, 0.5) is 11.4 Å².